The zero-order chi connectivity index (χ0) is 31.8. The van der Waals surface area contributed by atoms with E-state index in [1.54, 1.807) is 27.9 Å². The van der Waals surface area contributed by atoms with Gasteiger partial charge in [-0.3, -0.25) is 14.9 Å². The number of piperazine rings is 1. The van der Waals surface area contributed by atoms with Gasteiger partial charge in [-0.2, -0.15) is 0 Å². The Balaban J connectivity index is 1.10. The van der Waals surface area contributed by atoms with Gasteiger partial charge in [0.15, 0.2) is 5.65 Å². The average molecular weight is 628 g/mol. The Morgan fingerprint density at radius 1 is 1.00 bits per heavy atom. The van der Waals surface area contributed by atoms with Gasteiger partial charge in [-0.1, -0.05) is 18.2 Å². The highest BCUT2D eigenvalue weighted by Crippen LogP contribution is 2.36. The van der Waals surface area contributed by atoms with Crippen molar-refractivity contribution in [2.75, 3.05) is 49.6 Å². The second kappa shape index (κ2) is 12.4. The standard InChI is InChI=1S/C32H34FN9O4/c1-46-32(45)42(25-10-13-30(43)36-31(25)44)39-17-15-38(16-18-39)28-9-3-7-23(35-28)26-20-34-27-11-12-29(37-41(26)27)40-14-4-8-24(40)21-5-2-6-22(33)19-21/h2-3,5-7,9,11-12,19-20,24-25H,4,8,10,13-18H2,1H3,(H,36,43,44)/t24-,25?/m1/s1. The third-order valence-corrected chi connectivity index (χ3v) is 8.88. The molecule has 3 aromatic heterocycles. The van der Waals surface area contributed by atoms with E-state index < -0.39 is 18.0 Å². The maximum absolute atomic E-state index is 14.0. The fourth-order valence-electron chi connectivity index (χ4n) is 6.62. The number of fused-ring (bicyclic) bond motifs is 1. The Labute approximate surface area is 264 Å². The molecule has 3 amide bonds. The van der Waals surface area contributed by atoms with Crippen molar-refractivity contribution in [2.24, 2.45) is 0 Å². The highest BCUT2D eigenvalue weighted by molar-refractivity contribution is 6.01. The molecule has 14 heteroatoms. The van der Waals surface area contributed by atoms with Crippen LogP contribution in [0.15, 0.2) is 60.8 Å². The molecule has 7 rings (SSSR count). The van der Waals surface area contributed by atoms with E-state index in [9.17, 15) is 18.8 Å². The lowest BCUT2D eigenvalue weighted by atomic mass is 10.0. The van der Waals surface area contributed by atoms with Gasteiger partial charge in [0, 0.05) is 39.1 Å². The van der Waals surface area contributed by atoms with Crippen LogP contribution in [0.25, 0.3) is 17.0 Å². The van der Waals surface area contributed by atoms with Crippen molar-refractivity contribution in [3.8, 4) is 11.4 Å². The van der Waals surface area contributed by atoms with E-state index >= 15 is 0 Å². The summed E-state index contributed by atoms with van der Waals surface area (Å²) in [4.78, 5) is 50.8. The molecule has 0 spiro atoms. The van der Waals surface area contributed by atoms with Gasteiger partial charge in [-0.05, 0) is 61.2 Å². The maximum atomic E-state index is 14.0. The summed E-state index contributed by atoms with van der Waals surface area (Å²) in [6, 6.07) is 15.7. The Kier molecular flexibility index (Phi) is 7.95. The van der Waals surface area contributed by atoms with Crippen molar-refractivity contribution in [3.05, 3.63) is 72.2 Å². The van der Waals surface area contributed by atoms with Gasteiger partial charge in [-0.15, -0.1) is 5.10 Å². The predicted molar refractivity (Wildman–Crippen MR) is 166 cm³/mol. The number of anilines is 2. The lowest BCUT2D eigenvalue weighted by Crippen LogP contribution is -2.63. The number of piperidine rings is 1. The molecule has 13 nitrogen and oxygen atoms in total. The molecule has 3 saturated heterocycles. The molecule has 238 valence electrons. The summed E-state index contributed by atoms with van der Waals surface area (Å²) in [5.41, 5.74) is 3.08. The minimum Gasteiger partial charge on any atom is -0.452 e. The number of nitrogens with one attached hydrogen (secondary N) is 1. The van der Waals surface area contributed by atoms with Crippen LogP contribution in [0.4, 0.5) is 20.8 Å². The summed E-state index contributed by atoms with van der Waals surface area (Å²) in [5.74, 6) is 0.462. The number of hydrazine groups is 1. The van der Waals surface area contributed by atoms with Crippen molar-refractivity contribution in [3.63, 3.8) is 0 Å². The van der Waals surface area contributed by atoms with Gasteiger partial charge in [0.2, 0.25) is 5.91 Å². The fourth-order valence-corrected chi connectivity index (χ4v) is 6.62. The number of halogens is 1. The van der Waals surface area contributed by atoms with Crippen LogP contribution in [0.5, 0.6) is 0 Å². The Morgan fingerprint density at radius 3 is 2.61 bits per heavy atom. The smallest absolute Gasteiger partial charge is 0.424 e. The third kappa shape index (κ3) is 5.60. The molecule has 0 radical (unpaired) electrons. The number of rotatable bonds is 6. The maximum Gasteiger partial charge on any atom is 0.424 e. The number of hydrogen-bond donors (Lipinski definition) is 1. The molecule has 3 aliphatic heterocycles. The molecule has 0 bridgehead atoms. The van der Waals surface area contributed by atoms with E-state index in [1.807, 2.05) is 36.4 Å². The molecule has 0 aliphatic carbocycles. The molecule has 0 saturated carbocycles. The van der Waals surface area contributed by atoms with Gasteiger partial charge in [0.1, 0.15) is 29.2 Å². The predicted octanol–water partition coefficient (Wildman–Crippen LogP) is 3.18. The summed E-state index contributed by atoms with van der Waals surface area (Å²) in [6.07, 6.45) is 3.42. The van der Waals surface area contributed by atoms with Gasteiger partial charge in [0.05, 0.1) is 25.0 Å². The molecule has 4 aromatic rings. The minimum atomic E-state index is -0.810. The van der Waals surface area contributed by atoms with Crippen molar-refractivity contribution in [1.29, 1.82) is 0 Å². The molecule has 1 aromatic carbocycles. The number of imidazole rings is 1. The molecule has 46 heavy (non-hydrogen) atoms. The lowest BCUT2D eigenvalue weighted by Gasteiger charge is -2.43. The second-order valence-electron chi connectivity index (χ2n) is 11.6. The fraction of sp³-hybridized carbons (Fsp3) is 0.375. The Morgan fingerprint density at radius 2 is 1.83 bits per heavy atom. The van der Waals surface area contributed by atoms with E-state index in [4.69, 9.17) is 14.8 Å². The molecule has 1 N–H and O–H groups in total. The number of ether oxygens (including phenoxy) is 1. The molecule has 6 heterocycles. The zero-order valence-electron chi connectivity index (χ0n) is 25.4. The monoisotopic (exact) mass is 627 g/mol. The number of imide groups is 1. The largest absolute Gasteiger partial charge is 0.452 e. The van der Waals surface area contributed by atoms with Crippen molar-refractivity contribution >= 4 is 35.2 Å². The van der Waals surface area contributed by atoms with Crippen LogP contribution in [0.2, 0.25) is 0 Å². The average Bonchev–Trinajstić information content (AvgIpc) is 3.74. The van der Waals surface area contributed by atoms with Crippen LogP contribution < -0.4 is 15.1 Å². The number of aromatic nitrogens is 4. The summed E-state index contributed by atoms with van der Waals surface area (Å²) in [5, 5.41) is 10.4. The molecular formula is C32H34FN9O4. The summed E-state index contributed by atoms with van der Waals surface area (Å²) < 4.78 is 20.8. The van der Waals surface area contributed by atoms with Crippen molar-refractivity contribution in [1.82, 2.24) is 34.9 Å². The Bertz CT molecular complexity index is 1790. The van der Waals surface area contributed by atoms with E-state index in [1.165, 1.54) is 18.2 Å². The SMILES string of the molecule is COC(=O)N(C1CCC(=O)NC1=O)N1CCN(c2cccc(-c3cnc4ccc(N5CCC[C@@H]5c5cccc(F)c5)nn34)n2)CC1. The quantitative estimate of drug-likeness (QED) is 0.319. The molecular weight excluding hydrogens is 593 g/mol. The summed E-state index contributed by atoms with van der Waals surface area (Å²) in [7, 11) is 1.28. The normalized spacial score (nSPS) is 20.7. The highest BCUT2D eigenvalue weighted by Gasteiger charge is 2.39. The highest BCUT2D eigenvalue weighted by atomic mass is 19.1. The third-order valence-electron chi connectivity index (χ3n) is 8.88. The van der Waals surface area contributed by atoms with Crippen LogP contribution >= 0.6 is 0 Å². The van der Waals surface area contributed by atoms with E-state index in [0.717, 1.165) is 42.3 Å². The van der Waals surface area contributed by atoms with Crippen LogP contribution in [0, 0.1) is 5.82 Å². The first-order valence-corrected chi connectivity index (χ1v) is 15.4. The van der Waals surface area contributed by atoms with E-state index in [0.29, 0.717) is 37.5 Å². The number of methoxy groups -OCH3 is 1. The van der Waals surface area contributed by atoms with Crippen LogP contribution in [-0.4, -0.2) is 93.4 Å². The number of pyridine rings is 1. The van der Waals surface area contributed by atoms with Crippen LogP contribution in [-0.2, 0) is 14.3 Å². The number of amides is 3. The first-order valence-electron chi connectivity index (χ1n) is 15.4. The van der Waals surface area contributed by atoms with Gasteiger partial charge in [-0.25, -0.2) is 33.7 Å². The van der Waals surface area contributed by atoms with Gasteiger partial charge < -0.3 is 14.5 Å². The topological polar surface area (TPSA) is 129 Å². The van der Waals surface area contributed by atoms with E-state index in [-0.39, 0.29) is 30.6 Å². The van der Waals surface area contributed by atoms with Crippen molar-refractivity contribution in [2.45, 2.75) is 37.8 Å². The summed E-state index contributed by atoms with van der Waals surface area (Å²) in [6.45, 7) is 2.80. The lowest BCUT2D eigenvalue weighted by molar-refractivity contribution is -0.144. The van der Waals surface area contributed by atoms with Gasteiger partial charge >= 0.3 is 6.09 Å². The van der Waals surface area contributed by atoms with E-state index in [2.05, 4.69) is 20.1 Å². The molecule has 3 fully saturated rings. The Hall–Kier alpha value is -5.11. The minimum absolute atomic E-state index is 0.0397. The van der Waals surface area contributed by atoms with Crippen LogP contribution in [0.3, 0.4) is 0 Å². The van der Waals surface area contributed by atoms with Crippen LogP contribution in [0.1, 0.15) is 37.3 Å². The van der Waals surface area contributed by atoms with Crippen molar-refractivity contribution < 1.29 is 23.5 Å². The van der Waals surface area contributed by atoms with Gasteiger partial charge in [0.25, 0.3) is 5.91 Å². The number of carbonyl (C=O) groups is 3. The number of nitrogens with zero attached hydrogens (tertiary/aromatic N) is 8. The number of benzene rings is 1. The summed E-state index contributed by atoms with van der Waals surface area (Å²) >= 11 is 0. The first-order chi connectivity index (χ1) is 22.4. The first kappa shape index (κ1) is 29.6. The number of carbonyl (C=O) groups excluding carboxylic acids is 3. The second-order valence-corrected chi connectivity index (χ2v) is 11.6. The molecule has 1 unspecified atom stereocenters. The number of hydrogen-bond acceptors (Lipinski definition) is 10. The molecule has 3 aliphatic rings. The molecule has 2 atom stereocenters. The zero-order valence-corrected chi connectivity index (χ0v) is 25.4.